The first-order valence-electron chi connectivity index (χ1n) is 9.61. The number of carbonyl (C=O) groups is 1. The summed E-state index contributed by atoms with van der Waals surface area (Å²) in [6.45, 7) is 4.66. The van der Waals surface area contributed by atoms with Crippen molar-refractivity contribution in [3.63, 3.8) is 0 Å². The third kappa shape index (κ3) is 5.54. The van der Waals surface area contributed by atoms with Gasteiger partial charge in [0.05, 0.1) is 17.3 Å². The summed E-state index contributed by atoms with van der Waals surface area (Å²) in [6, 6.07) is 8.36. The minimum Gasteiger partial charge on any atom is -0.380 e. The zero-order chi connectivity index (χ0) is 19.1. The lowest BCUT2D eigenvalue weighted by atomic mass is 10.1. The van der Waals surface area contributed by atoms with Crippen molar-refractivity contribution in [2.75, 3.05) is 25.1 Å². The molecule has 146 valence electrons. The zero-order valence-electron chi connectivity index (χ0n) is 15.7. The number of amides is 1. The van der Waals surface area contributed by atoms with E-state index in [1.807, 2.05) is 31.2 Å². The molecule has 0 saturated carbocycles. The Hall–Kier alpha value is -1.89. The summed E-state index contributed by atoms with van der Waals surface area (Å²) in [6.07, 6.45) is 4.93. The summed E-state index contributed by atoms with van der Waals surface area (Å²) in [5.74, 6) is -0.276. The van der Waals surface area contributed by atoms with Crippen molar-refractivity contribution in [3.05, 3.63) is 46.2 Å². The van der Waals surface area contributed by atoms with E-state index in [9.17, 15) is 4.79 Å². The first kappa shape index (κ1) is 19.9. The van der Waals surface area contributed by atoms with Gasteiger partial charge in [0, 0.05) is 18.3 Å². The number of rotatable bonds is 8. The van der Waals surface area contributed by atoms with E-state index in [-0.39, 0.29) is 5.91 Å². The van der Waals surface area contributed by atoms with Gasteiger partial charge in [-0.3, -0.25) is 9.89 Å². The first-order valence-corrected chi connectivity index (χ1v) is 9.99. The van der Waals surface area contributed by atoms with Crippen LogP contribution >= 0.6 is 11.6 Å². The maximum absolute atomic E-state index is 12.4. The monoisotopic (exact) mass is 390 g/mol. The number of nitrogens with one attached hydrogen (secondary N) is 3. The molecule has 1 atom stereocenters. The number of H-pyrrole nitrogens is 1. The molecule has 3 N–H and O–H groups in total. The number of carbonyl (C=O) groups excluding carboxylic acids is 1. The second-order valence-electron chi connectivity index (χ2n) is 6.88. The maximum Gasteiger partial charge on any atom is 0.275 e. The van der Waals surface area contributed by atoms with Gasteiger partial charge in [0.2, 0.25) is 0 Å². The number of hydrogen-bond acceptors (Lipinski definition) is 4. The van der Waals surface area contributed by atoms with E-state index >= 15 is 0 Å². The molecule has 2 heterocycles. The van der Waals surface area contributed by atoms with Gasteiger partial charge in [0.15, 0.2) is 0 Å². The van der Waals surface area contributed by atoms with E-state index in [1.165, 1.54) is 12.0 Å². The van der Waals surface area contributed by atoms with Crippen molar-refractivity contribution >= 4 is 23.2 Å². The van der Waals surface area contributed by atoms with E-state index < -0.39 is 0 Å². The number of benzene rings is 1. The van der Waals surface area contributed by atoms with Gasteiger partial charge in [-0.15, -0.1) is 0 Å². The zero-order valence-corrected chi connectivity index (χ0v) is 16.4. The number of ether oxygens (including phenoxy) is 1. The van der Waals surface area contributed by atoms with Gasteiger partial charge in [0.1, 0.15) is 5.69 Å². The summed E-state index contributed by atoms with van der Waals surface area (Å²) in [7, 11) is 0. The molecule has 27 heavy (non-hydrogen) atoms. The molecule has 1 saturated heterocycles. The van der Waals surface area contributed by atoms with Gasteiger partial charge in [0.25, 0.3) is 5.91 Å². The molecular weight excluding hydrogens is 364 g/mol. The van der Waals surface area contributed by atoms with Crippen LogP contribution < -0.4 is 10.6 Å². The van der Waals surface area contributed by atoms with E-state index in [2.05, 4.69) is 20.8 Å². The largest absolute Gasteiger partial charge is 0.380 e. The predicted octanol–water partition coefficient (Wildman–Crippen LogP) is 3.58. The minimum absolute atomic E-state index is 0.276. The highest BCUT2D eigenvalue weighted by Crippen LogP contribution is 2.21. The van der Waals surface area contributed by atoms with Crippen LogP contribution in [0.3, 0.4) is 0 Å². The Morgan fingerprint density at radius 1 is 1.33 bits per heavy atom. The van der Waals surface area contributed by atoms with Gasteiger partial charge in [-0.05, 0) is 49.9 Å². The fourth-order valence-electron chi connectivity index (χ4n) is 3.19. The van der Waals surface area contributed by atoms with Crippen LogP contribution in [0.1, 0.15) is 47.9 Å². The van der Waals surface area contributed by atoms with Crippen LogP contribution in [0.5, 0.6) is 0 Å². The van der Waals surface area contributed by atoms with Crippen LogP contribution in [0.15, 0.2) is 24.3 Å². The molecule has 1 aliphatic rings. The van der Waals surface area contributed by atoms with E-state index in [4.69, 9.17) is 16.3 Å². The van der Waals surface area contributed by atoms with Gasteiger partial charge < -0.3 is 15.4 Å². The van der Waals surface area contributed by atoms with E-state index in [0.29, 0.717) is 16.8 Å². The highest BCUT2D eigenvalue weighted by atomic mass is 35.5. The number of aryl methyl sites for hydroxylation is 1. The van der Waals surface area contributed by atoms with Crippen molar-refractivity contribution in [3.8, 4) is 0 Å². The highest BCUT2D eigenvalue weighted by molar-refractivity contribution is 6.34. The van der Waals surface area contributed by atoms with Crippen LogP contribution in [0.25, 0.3) is 0 Å². The average Bonchev–Trinajstić information content (AvgIpc) is 3.05. The van der Waals surface area contributed by atoms with Crippen LogP contribution in [0, 0.1) is 0 Å². The Morgan fingerprint density at radius 3 is 2.85 bits per heavy atom. The summed E-state index contributed by atoms with van der Waals surface area (Å²) in [5, 5.41) is 13.7. The number of aromatic amines is 1. The molecule has 1 aromatic carbocycles. The topological polar surface area (TPSA) is 79.0 Å². The average molecular weight is 391 g/mol. The second kappa shape index (κ2) is 9.88. The number of hydrogen-bond donors (Lipinski definition) is 3. The molecule has 7 heteroatoms. The highest BCUT2D eigenvalue weighted by Gasteiger charge is 2.17. The van der Waals surface area contributed by atoms with Gasteiger partial charge >= 0.3 is 0 Å². The van der Waals surface area contributed by atoms with Gasteiger partial charge in [-0.1, -0.05) is 37.1 Å². The summed E-state index contributed by atoms with van der Waals surface area (Å²) < 4.78 is 5.48. The molecule has 1 fully saturated rings. The third-order valence-electron chi connectivity index (χ3n) is 4.71. The molecule has 1 aromatic heterocycles. The molecule has 1 aliphatic heterocycles. The molecule has 0 bridgehead atoms. The Kier molecular flexibility index (Phi) is 7.26. The van der Waals surface area contributed by atoms with Crippen molar-refractivity contribution < 1.29 is 9.53 Å². The van der Waals surface area contributed by atoms with Crippen LogP contribution in [-0.4, -0.2) is 41.9 Å². The van der Waals surface area contributed by atoms with Crippen molar-refractivity contribution in [1.82, 2.24) is 15.5 Å². The summed E-state index contributed by atoms with van der Waals surface area (Å²) >= 11 is 6.24. The summed E-state index contributed by atoms with van der Waals surface area (Å²) in [4.78, 5) is 12.4. The van der Waals surface area contributed by atoms with Gasteiger partial charge in [-0.2, -0.15) is 5.10 Å². The molecule has 1 amide bonds. The molecule has 2 aromatic rings. The Morgan fingerprint density at radius 2 is 2.15 bits per heavy atom. The van der Waals surface area contributed by atoms with Crippen LogP contribution in [0.2, 0.25) is 5.02 Å². The number of aromatic nitrogens is 2. The smallest absolute Gasteiger partial charge is 0.275 e. The second-order valence-corrected chi connectivity index (χ2v) is 7.26. The van der Waals surface area contributed by atoms with Gasteiger partial charge in [-0.25, -0.2) is 0 Å². The molecule has 6 nitrogen and oxygen atoms in total. The molecular formula is C20H27ClN4O2. The molecule has 3 rings (SSSR count). The Balaban J connectivity index is 1.49. The lowest BCUT2D eigenvalue weighted by Gasteiger charge is -2.23. The number of nitrogens with zero attached hydrogens (tertiary/aromatic N) is 1. The van der Waals surface area contributed by atoms with E-state index in [0.717, 1.165) is 56.8 Å². The predicted molar refractivity (Wildman–Crippen MR) is 108 cm³/mol. The lowest BCUT2D eigenvalue weighted by Crippen LogP contribution is -2.37. The quantitative estimate of drug-likeness (QED) is 0.643. The van der Waals surface area contributed by atoms with Crippen molar-refractivity contribution in [2.24, 2.45) is 0 Å². The van der Waals surface area contributed by atoms with E-state index in [1.54, 1.807) is 0 Å². The number of halogens is 1. The third-order valence-corrected chi connectivity index (χ3v) is 5.12. The Bertz CT molecular complexity index is 739. The van der Waals surface area contributed by atoms with Crippen LogP contribution in [-0.2, 0) is 17.6 Å². The SMILES string of the molecule is CCCc1n[nH]c(C(=O)Nc2ccc(CCNC3CCCOC3)cc2)c1Cl. The van der Waals surface area contributed by atoms with Crippen molar-refractivity contribution in [2.45, 2.75) is 45.1 Å². The molecule has 0 aliphatic carbocycles. The summed E-state index contributed by atoms with van der Waals surface area (Å²) in [5.41, 5.74) is 3.00. The minimum atomic E-state index is -0.276. The molecule has 1 unspecified atom stereocenters. The molecule has 0 spiro atoms. The normalized spacial score (nSPS) is 17.0. The fraction of sp³-hybridized carbons (Fsp3) is 0.500. The van der Waals surface area contributed by atoms with Crippen LogP contribution in [0.4, 0.5) is 5.69 Å². The standard InChI is InChI=1S/C20H27ClN4O2/c1-2-4-17-18(21)19(25-24-17)20(26)23-15-8-6-14(7-9-15)10-11-22-16-5-3-12-27-13-16/h6-9,16,22H,2-5,10-13H2,1H3,(H,23,26)(H,24,25). The lowest BCUT2D eigenvalue weighted by molar-refractivity contribution is 0.0707. The Labute approximate surface area is 165 Å². The fourth-order valence-corrected chi connectivity index (χ4v) is 3.45. The maximum atomic E-state index is 12.4. The molecule has 0 radical (unpaired) electrons. The first-order chi connectivity index (χ1) is 13.2. The van der Waals surface area contributed by atoms with Crippen molar-refractivity contribution in [1.29, 1.82) is 0 Å². The number of anilines is 1.